The van der Waals surface area contributed by atoms with E-state index in [0.717, 1.165) is 11.8 Å². The van der Waals surface area contributed by atoms with Crippen LogP contribution in [0.1, 0.15) is 17.3 Å². The van der Waals surface area contributed by atoms with Crippen LogP contribution in [0.2, 0.25) is 0 Å². The zero-order valence-electron chi connectivity index (χ0n) is 7.47. The summed E-state index contributed by atoms with van der Waals surface area (Å²) in [6.07, 6.45) is 1.51. The summed E-state index contributed by atoms with van der Waals surface area (Å²) in [5, 5.41) is 17.5. The summed E-state index contributed by atoms with van der Waals surface area (Å²) in [6, 6.07) is 5.04. The van der Waals surface area contributed by atoms with E-state index in [-0.39, 0.29) is 10.8 Å². The fraction of sp³-hybridized carbons (Fsp3) is 0.222. The number of rotatable bonds is 3. The van der Waals surface area contributed by atoms with E-state index in [1.165, 1.54) is 12.3 Å². The van der Waals surface area contributed by atoms with Gasteiger partial charge in [0.25, 0.3) is 0 Å². The van der Waals surface area contributed by atoms with E-state index >= 15 is 0 Å². The van der Waals surface area contributed by atoms with Crippen LogP contribution in [0.3, 0.4) is 0 Å². The SMILES string of the molecule is CC(C#N)Sc1ncccc1C(=O)O. The van der Waals surface area contributed by atoms with Crippen molar-refractivity contribution in [2.75, 3.05) is 0 Å². The predicted octanol–water partition coefficient (Wildman–Crippen LogP) is 1.78. The molecule has 1 aromatic heterocycles. The van der Waals surface area contributed by atoms with Gasteiger partial charge < -0.3 is 5.11 Å². The second-order valence-electron chi connectivity index (χ2n) is 2.55. The average molecular weight is 208 g/mol. The number of aromatic nitrogens is 1. The van der Waals surface area contributed by atoms with Crippen molar-refractivity contribution in [1.82, 2.24) is 4.98 Å². The van der Waals surface area contributed by atoms with Gasteiger partial charge in [0.05, 0.1) is 16.9 Å². The number of aromatic carboxylic acids is 1. The van der Waals surface area contributed by atoms with Crippen molar-refractivity contribution in [2.45, 2.75) is 17.2 Å². The van der Waals surface area contributed by atoms with Gasteiger partial charge in [-0.2, -0.15) is 5.26 Å². The van der Waals surface area contributed by atoms with Gasteiger partial charge in [0.2, 0.25) is 0 Å². The molecular formula is C9H8N2O2S. The molecule has 0 aliphatic rings. The van der Waals surface area contributed by atoms with E-state index in [1.807, 2.05) is 6.07 Å². The molecule has 0 amide bonds. The van der Waals surface area contributed by atoms with E-state index < -0.39 is 5.97 Å². The minimum atomic E-state index is -1.02. The second kappa shape index (κ2) is 4.63. The van der Waals surface area contributed by atoms with Gasteiger partial charge in [-0.3, -0.25) is 0 Å². The van der Waals surface area contributed by atoms with Gasteiger partial charge in [-0.05, 0) is 19.1 Å². The summed E-state index contributed by atoms with van der Waals surface area (Å²) in [6.45, 7) is 1.70. The highest BCUT2D eigenvalue weighted by molar-refractivity contribution is 8.00. The van der Waals surface area contributed by atoms with Crippen LogP contribution in [0.4, 0.5) is 0 Å². The molecule has 0 spiro atoms. The quantitative estimate of drug-likeness (QED) is 0.766. The minimum Gasteiger partial charge on any atom is -0.478 e. The summed E-state index contributed by atoms with van der Waals surface area (Å²) in [4.78, 5) is 14.7. The molecule has 1 aromatic rings. The predicted molar refractivity (Wildman–Crippen MR) is 52.1 cm³/mol. The smallest absolute Gasteiger partial charge is 0.338 e. The number of hydrogen-bond acceptors (Lipinski definition) is 4. The highest BCUT2D eigenvalue weighted by atomic mass is 32.2. The second-order valence-corrected chi connectivity index (χ2v) is 3.88. The molecule has 0 aliphatic carbocycles. The Morgan fingerprint density at radius 2 is 2.50 bits per heavy atom. The summed E-state index contributed by atoms with van der Waals surface area (Å²) in [5.74, 6) is -1.02. The van der Waals surface area contributed by atoms with Crippen LogP contribution in [-0.2, 0) is 0 Å². The van der Waals surface area contributed by atoms with Crippen LogP contribution in [0, 0.1) is 11.3 Å². The number of nitriles is 1. The molecule has 1 N–H and O–H groups in total. The maximum absolute atomic E-state index is 10.8. The molecule has 1 heterocycles. The highest BCUT2D eigenvalue weighted by Gasteiger charge is 2.13. The Kier molecular flexibility index (Phi) is 3.48. The molecule has 4 nitrogen and oxygen atoms in total. The van der Waals surface area contributed by atoms with Crippen LogP contribution in [-0.4, -0.2) is 21.3 Å². The average Bonchev–Trinajstić information content (AvgIpc) is 2.18. The van der Waals surface area contributed by atoms with Crippen LogP contribution >= 0.6 is 11.8 Å². The van der Waals surface area contributed by atoms with E-state index in [2.05, 4.69) is 4.98 Å². The normalized spacial score (nSPS) is 11.7. The number of carbonyl (C=O) groups is 1. The van der Waals surface area contributed by atoms with E-state index in [0.29, 0.717) is 5.03 Å². The molecule has 1 rings (SSSR count). The Balaban J connectivity index is 2.97. The van der Waals surface area contributed by atoms with Crippen molar-refractivity contribution in [3.05, 3.63) is 23.9 Å². The molecule has 0 bridgehead atoms. The first-order valence-corrected chi connectivity index (χ1v) is 4.77. The lowest BCUT2D eigenvalue weighted by Crippen LogP contribution is -2.02. The molecule has 14 heavy (non-hydrogen) atoms. The van der Waals surface area contributed by atoms with Crippen LogP contribution in [0.5, 0.6) is 0 Å². The van der Waals surface area contributed by atoms with Crippen molar-refractivity contribution in [3.63, 3.8) is 0 Å². The Morgan fingerprint density at radius 1 is 1.79 bits per heavy atom. The summed E-state index contributed by atoms with van der Waals surface area (Å²) >= 11 is 1.15. The zero-order valence-corrected chi connectivity index (χ0v) is 8.28. The number of carboxylic acid groups (broad SMARTS) is 1. The van der Waals surface area contributed by atoms with Gasteiger partial charge in [0, 0.05) is 6.20 Å². The van der Waals surface area contributed by atoms with Crippen LogP contribution in [0.25, 0.3) is 0 Å². The third-order valence-corrected chi connectivity index (χ3v) is 2.48. The Labute approximate surface area is 85.6 Å². The fourth-order valence-corrected chi connectivity index (χ4v) is 1.63. The molecule has 0 saturated heterocycles. The van der Waals surface area contributed by atoms with E-state index in [9.17, 15) is 4.79 Å². The van der Waals surface area contributed by atoms with Crippen molar-refractivity contribution < 1.29 is 9.90 Å². The Bertz CT molecular complexity index is 387. The van der Waals surface area contributed by atoms with Gasteiger partial charge in [0.1, 0.15) is 5.03 Å². The first-order chi connectivity index (χ1) is 6.65. The molecule has 72 valence electrons. The maximum Gasteiger partial charge on any atom is 0.338 e. The van der Waals surface area contributed by atoms with Crippen LogP contribution < -0.4 is 0 Å². The molecule has 5 heteroatoms. The van der Waals surface area contributed by atoms with Crippen molar-refractivity contribution in [1.29, 1.82) is 5.26 Å². The molecule has 0 radical (unpaired) electrons. The fourth-order valence-electron chi connectivity index (χ4n) is 0.841. The zero-order chi connectivity index (χ0) is 10.6. The monoisotopic (exact) mass is 208 g/mol. The lowest BCUT2D eigenvalue weighted by atomic mass is 10.3. The molecular weight excluding hydrogens is 200 g/mol. The molecule has 0 aromatic carbocycles. The minimum absolute atomic E-state index is 0.139. The van der Waals surface area contributed by atoms with Gasteiger partial charge in [-0.25, -0.2) is 9.78 Å². The Morgan fingerprint density at radius 3 is 3.07 bits per heavy atom. The third-order valence-electron chi connectivity index (χ3n) is 1.47. The molecule has 0 aliphatic heterocycles. The Hall–Kier alpha value is -1.54. The number of pyridine rings is 1. The summed E-state index contributed by atoms with van der Waals surface area (Å²) in [5.41, 5.74) is 0.139. The lowest BCUT2D eigenvalue weighted by Gasteiger charge is -2.04. The standard InChI is InChI=1S/C9H8N2O2S/c1-6(5-10)14-8-7(9(12)13)3-2-4-11-8/h2-4,6H,1H3,(H,12,13). The van der Waals surface area contributed by atoms with Crippen molar-refractivity contribution in [2.24, 2.45) is 0 Å². The van der Waals surface area contributed by atoms with Crippen molar-refractivity contribution >= 4 is 17.7 Å². The van der Waals surface area contributed by atoms with E-state index in [1.54, 1.807) is 13.0 Å². The van der Waals surface area contributed by atoms with Gasteiger partial charge >= 0.3 is 5.97 Å². The topological polar surface area (TPSA) is 74.0 Å². The van der Waals surface area contributed by atoms with Crippen LogP contribution in [0.15, 0.2) is 23.4 Å². The summed E-state index contributed by atoms with van der Waals surface area (Å²) in [7, 11) is 0. The number of hydrogen-bond donors (Lipinski definition) is 1. The number of carboxylic acids is 1. The lowest BCUT2D eigenvalue weighted by molar-refractivity contribution is 0.0692. The molecule has 0 saturated carbocycles. The first kappa shape index (κ1) is 10.5. The number of thioether (sulfide) groups is 1. The number of nitrogens with zero attached hydrogens (tertiary/aromatic N) is 2. The van der Waals surface area contributed by atoms with Gasteiger partial charge in [-0.1, -0.05) is 11.8 Å². The maximum atomic E-state index is 10.8. The van der Waals surface area contributed by atoms with Gasteiger partial charge in [-0.15, -0.1) is 0 Å². The van der Waals surface area contributed by atoms with Crippen molar-refractivity contribution in [3.8, 4) is 6.07 Å². The third kappa shape index (κ3) is 2.47. The first-order valence-electron chi connectivity index (χ1n) is 3.89. The summed E-state index contributed by atoms with van der Waals surface area (Å²) < 4.78 is 0. The largest absolute Gasteiger partial charge is 0.478 e. The molecule has 0 fully saturated rings. The molecule has 1 unspecified atom stereocenters. The highest BCUT2D eigenvalue weighted by Crippen LogP contribution is 2.23. The van der Waals surface area contributed by atoms with Gasteiger partial charge in [0.15, 0.2) is 0 Å². The molecule has 1 atom stereocenters. The van der Waals surface area contributed by atoms with E-state index in [4.69, 9.17) is 10.4 Å².